The van der Waals surface area contributed by atoms with Crippen molar-refractivity contribution in [2.45, 2.75) is 6.42 Å². The lowest BCUT2D eigenvalue weighted by atomic mass is 10.1. The van der Waals surface area contributed by atoms with Gasteiger partial charge in [0.05, 0.1) is 17.3 Å². The van der Waals surface area contributed by atoms with E-state index in [1.165, 1.54) is 17.6 Å². The average molecular weight is 272 g/mol. The van der Waals surface area contributed by atoms with Crippen molar-refractivity contribution in [3.8, 4) is 0 Å². The van der Waals surface area contributed by atoms with Gasteiger partial charge in [-0.15, -0.1) is 11.3 Å². The lowest BCUT2D eigenvalue weighted by Gasteiger charge is -1.94. The molecule has 2 heterocycles. The fourth-order valence-corrected chi connectivity index (χ4v) is 2.13. The van der Waals surface area contributed by atoms with E-state index in [1.807, 2.05) is 0 Å². The standard InChI is InChI=1S/C9H6BrNO2S/c10-9-7(1-2-13-9)8(12)3-6-4-11-5-14-6/h1-2,4-5H,3H2. The van der Waals surface area contributed by atoms with Crippen molar-refractivity contribution in [2.24, 2.45) is 0 Å². The first-order valence-electron chi connectivity index (χ1n) is 3.91. The Morgan fingerprint density at radius 2 is 2.50 bits per heavy atom. The number of halogens is 1. The summed E-state index contributed by atoms with van der Waals surface area (Å²) in [6.07, 6.45) is 3.57. The molecule has 0 N–H and O–H groups in total. The number of carbonyl (C=O) groups is 1. The third-order valence-electron chi connectivity index (χ3n) is 1.74. The molecule has 0 saturated carbocycles. The molecule has 0 aromatic carbocycles. The molecule has 0 amide bonds. The maximum absolute atomic E-state index is 11.7. The number of hydrogen-bond acceptors (Lipinski definition) is 4. The zero-order valence-corrected chi connectivity index (χ0v) is 9.47. The number of ketones is 1. The molecule has 0 bridgehead atoms. The minimum atomic E-state index is 0.0369. The fourth-order valence-electron chi connectivity index (χ4n) is 1.08. The Bertz CT molecular complexity index is 435. The molecule has 14 heavy (non-hydrogen) atoms. The van der Waals surface area contributed by atoms with Crippen LogP contribution >= 0.6 is 27.3 Å². The highest BCUT2D eigenvalue weighted by Crippen LogP contribution is 2.20. The first-order valence-corrected chi connectivity index (χ1v) is 5.58. The van der Waals surface area contributed by atoms with Crippen LogP contribution < -0.4 is 0 Å². The average Bonchev–Trinajstić information content (AvgIpc) is 2.75. The normalized spacial score (nSPS) is 10.4. The molecule has 0 spiro atoms. The van der Waals surface area contributed by atoms with Crippen LogP contribution in [0.3, 0.4) is 0 Å². The summed E-state index contributed by atoms with van der Waals surface area (Å²) >= 11 is 4.65. The highest BCUT2D eigenvalue weighted by atomic mass is 79.9. The van der Waals surface area contributed by atoms with Crippen molar-refractivity contribution in [3.05, 3.63) is 39.1 Å². The Kier molecular flexibility index (Phi) is 2.79. The molecule has 72 valence electrons. The number of nitrogens with zero attached hydrogens (tertiary/aromatic N) is 1. The Labute approximate surface area is 92.9 Å². The molecule has 0 aliphatic rings. The van der Waals surface area contributed by atoms with Crippen LogP contribution in [-0.4, -0.2) is 10.8 Å². The minimum Gasteiger partial charge on any atom is -0.457 e. The highest BCUT2D eigenvalue weighted by molar-refractivity contribution is 9.10. The SMILES string of the molecule is O=C(Cc1cncs1)c1ccoc1Br. The number of carbonyl (C=O) groups excluding carboxylic acids is 1. The topological polar surface area (TPSA) is 43.1 Å². The van der Waals surface area contributed by atoms with Gasteiger partial charge in [-0.2, -0.15) is 0 Å². The number of thiazole rings is 1. The van der Waals surface area contributed by atoms with E-state index < -0.39 is 0 Å². The molecule has 2 aromatic heterocycles. The van der Waals surface area contributed by atoms with Gasteiger partial charge in [-0.3, -0.25) is 9.78 Å². The first-order chi connectivity index (χ1) is 6.77. The summed E-state index contributed by atoms with van der Waals surface area (Å²) in [4.78, 5) is 16.6. The first kappa shape index (κ1) is 9.61. The number of furan rings is 1. The van der Waals surface area contributed by atoms with Gasteiger partial charge in [0.1, 0.15) is 0 Å². The number of Topliss-reactive ketones (excluding diaryl/α,β-unsaturated/α-hetero) is 1. The number of aromatic nitrogens is 1. The molecule has 0 atom stereocenters. The molecule has 0 aliphatic heterocycles. The molecule has 0 unspecified atom stereocenters. The van der Waals surface area contributed by atoms with Gasteiger partial charge in [-0.25, -0.2) is 0 Å². The smallest absolute Gasteiger partial charge is 0.179 e. The van der Waals surface area contributed by atoms with E-state index >= 15 is 0 Å². The van der Waals surface area contributed by atoms with E-state index in [9.17, 15) is 4.79 Å². The zero-order valence-electron chi connectivity index (χ0n) is 7.07. The lowest BCUT2D eigenvalue weighted by molar-refractivity contribution is 0.0992. The van der Waals surface area contributed by atoms with E-state index in [1.54, 1.807) is 17.8 Å². The maximum atomic E-state index is 11.7. The third-order valence-corrected chi connectivity index (χ3v) is 3.13. The van der Waals surface area contributed by atoms with Crippen molar-refractivity contribution < 1.29 is 9.21 Å². The summed E-state index contributed by atoms with van der Waals surface area (Å²) in [6.45, 7) is 0. The second-order valence-electron chi connectivity index (χ2n) is 2.68. The van der Waals surface area contributed by atoms with Crippen LogP contribution in [0.15, 0.2) is 33.1 Å². The van der Waals surface area contributed by atoms with Crippen LogP contribution in [0.25, 0.3) is 0 Å². The molecule has 0 radical (unpaired) electrons. The van der Waals surface area contributed by atoms with Gasteiger partial charge in [-0.05, 0) is 22.0 Å². The summed E-state index contributed by atoms with van der Waals surface area (Å²) in [6, 6.07) is 1.66. The predicted molar refractivity (Wildman–Crippen MR) is 56.6 cm³/mol. The van der Waals surface area contributed by atoms with Crippen LogP contribution in [0.2, 0.25) is 0 Å². The van der Waals surface area contributed by atoms with Gasteiger partial charge >= 0.3 is 0 Å². The van der Waals surface area contributed by atoms with Crippen LogP contribution in [-0.2, 0) is 6.42 Å². The second-order valence-corrected chi connectivity index (χ2v) is 4.37. The van der Waals surface area contributed by atoms with Gasteiger partial charge in [0.15, 0.2) is 10.5 Å². The van der Waals surface area contributed by atoms with E-state index in [-0.39, 0.29) is 5.78 Å². The highest BCUT2D eigenvalue weighted by Gasteiger charge is 2.13. The Morgan fingerprint density at radius 1 is 1.64 bits per heavy atom. The van der Waals surface area contributed by atoms with Gasteiger partial charge < -0.3 is 4.42 Å². The monoisotopic (exact) mass is 271 g/mol. The van der Waals surface area contributed by atoms with Gasteiger partial charge in [0, 0.05) is 17.5 Å². The largest absolute Gasteiger partial charge is 0.457 e. The molecule has 2 aromatic rings. The lowest BCUT2D eigenvalue weighted by Crippen LogP contribution is -2.01. The van der Waals surface area contributed by atoms with E-state index in [0.29, 0.717) is 16.7 Å². The quantitative estimate of drug-likeness (QED) is 0.807. The van der Waals surface area contributed by atoms with Gasteiger partial charge in [0.2, 0.25) is 0 Å². The van der Waals surface area contributed by atoms with Crippen LogP contribution in [0.4, 0.5) is 0 Å². The molecule has 0 aliphatic carbocycles. The summed E-state index contributed by atoms with van der Waals surface area (Å²) in [5, 5.41) is 0. The third kappa shape index (κ3) is 1.93. The Morgan fingerprint density at radius 3 is 3.07 bits per heavy atom. The summed E-state index contributed by atoms with van der Waals surface area (Å²) in [5.41, 5.74) is 2.30. The van der Waals surface area contributed by atoms with E-state index in [0.717, 1.165) is 4.88 Å². The molecule has 0 fully saturated rings. The zero-order chi connectivity index (χ0) is 9.97. The summed E-state index contributed by atoms with van der Waals surface area (Å²) < 4.78 is 5.48. The van der Waals surface area contributed by atoms with Crippen molar-refractivity contribution in [2.75, 3.05) is 0 Å². The molecular formula is C9H6BrNO2S. The van der Waals surface area contributed by atoms with Crippen LogP contribution in [0, 0.1) is 0 Å². The minimum absolute atomic E-state index is 0.0369. The van der Waals surface area contributed by atoms with Gasteiger partial charge in [0.25, 0.3) is 0 Å². The Balaban J connectivity index is 2.14. The van der Waals surface area contributed by atoms with E-state index in [2.05, 4.69) is 20.9 Å². The molecular weight excluding hydrogens is 266 g/mol. The predicted octanol–water partition coefficient (Wildman–Crippen LogP) is 2.92. The van der Waals surface area contributed by atoms with Gasteiger partial charge in [-0.1, -0.05) is 0 Å². The summed E-state index contributed by atoms with van der Waals surface area (Å²) in [7, 11) is 0. The van der Waals surface area contributed by atoms with E-state index in [4.69, 9.17) is 4.42 Å². The maximum Gasteiger partial charge on any atom is 0.179 e. The summed E-state index contributed by atoms with van der Waals surface area (Å²) in [5.74, 6) is 0.0369. The number of hydrogen-bond donors (Lipinski definition) is 0. The van der Waals surface area contributed by atoms with Crippen molar-refractivity contribution in [1.82, 2.24) is 4.98 Å². The van der Waals surface area contributed by atoms with Crippen molar-refractivity contribution in [1.29, 1.82) is 0 Å². The van der Waals surface area contributed by atoms with Crippen molar-refractivity contribution >= 4 is 33.0 Å². The van der Waals surface area contributed by atoms with Crippen LogP contribution in [0.1, 0.15) is 15.2 Å². The Hall–Kier alpha value is -0.940. The van der Waals surface area contributed by atoms with Crippen LogP contribution in [0.5, 0.6) is 0 Å². The molecule has 2 rings (SSSR count). The fraction of sp³-hybridized carbons (Fsp3) is 0.111. The molecule has 3 nitrogen and oxygen atoms in total. The molecule has 0 saturated heterocycles. The molecule has 5 heteroatoms. The van der Waals surface area contributed by atoms with Crippen molar-refractivity contribution in [3.63, 3.8) is 0 Å². The second kappa shape index (κ2) is 4.06. The number of rotatable bonds is 3.